The predicted molar refractivity (Wildman–Crippen MR) is 308 cm³/mol. The lowest BCUT2D eigenvalue weighted by Crippen LogP contribution is -2.63. The van der Waals surface area contributed by atoms with E-state index in [0.717, 1.165) is 6.92 Å². The van der Waals surface area contributed by atoms with E-state index < -0.39 is 175 Å². The number of carboxylic acids is 2. The summed E-state index contributed by atoms with van der Waals surface area (Å²) >= 11 is 4.38. The number of benzene rings is 2. The molecule has 10 atom stereocenters. The van der Waals surface area contributed by atoms with Gasteiger partial charge in [0.25, 0.3) is 0 Å². The lowest BCUT2D eigenvalue weighted by molar-refractivity contribution is -0.145. The number of fused-ring (bicyclic) bond motifs is 1. The van der Waals surface area contributed by atoms with Crippen molar-refractivity contribution in [1.82, 2.24) is 52.8 Å². The first-order chi connectivity index (χ1) is 40.0. The first-order valence-electron chi connectivity index (χ1n) is 27.9. The topological polar surface area (TPSA) is 440 Å². The van der Waals surface area contributed by atoms with Gasteiger partial charge >= 0.3 is 11.9 Å². The average Bonchev–Trinajstić information content (AvgIpc) is 2.06. The van der Waals surface area contributed by atoms with Crippen molar-refractivity contribution in [2.45, 2.75) is 173 Å². The van der Waals surface area contributed by atoms with Crippen molar-refractivity contribution >= 4 is 89.5 Å². The Balaban J connectivity index is 1.81. The van der Waals surface area contributed by atoms with Crippen LogP contribution in [0, 0.1) is 11.8 Å². The van der Waals surface area contributed by atoms with E-state index in [-0.39, 0.29) is 43.7 Å². The number of aliphatic hydroxyl groups excluding tert-OH is 1. The minimum absolute atomic E-state index is 0.0317. The van der Waals surface area contributed by atoms with Crippen molar-refractivity contribution < 1.29 is 82.8 Å². The van der Waals surface area contributed by atoms with Gasteiger partial charge in [-0.15, -0.1) is 0 Å². The summed E-state index contributed by atoms with van der Waals surface area (Å²) in [6.45, 7) is 9.65. The van der Waals surface area contributed by atoms with Crippen molar-refractivity contribution in [2.24, 2.45) is 17.6 Å². The number of phenolic OH excluding ortho intramolecular Hbond substituents is 1. The van der Waals surface area contributed by atoms with Crippen LogP contribution < -0.4 is 53.6 Å². The van der Waals surface area contributed by atoms with E-state index in [2.05, 4.69) is 60.5 Å². The number of thiol groups is 1. The number of aromatic hydroxyl groups is 1. The number of unbranched alkanes of at least 4 members (excludes halogenated alkanes) is 1. The Morgan fingerprint density at radius 1 is 0.600 bits per heavy atom. The minimum Gasteiger partial charge on any atom is -0.508 e. The molecule has 468 valence electrons. The Morgan fingerprint density at radius 2 is 1.09 bits per heavy atom. The maximum Gasteiger partial charge on any atom is 0.305 e. The van der Waals surface area contributed by atoms with Crippen LogP contribution in [0.2, 0.25) is 0 Å². The molecule has 29 heteroatoms. The molecule has 0 aliphatic carbocycles. The highest BCUT2D eigenvalue weighted by molar-refractivity contribution is 7.80. The van der Waals surface area contributed by atoms with Crippen LogP contribution in [-0.4, -0.2) is 175 Å². The third-order valence-electron chi connectivity index (χ3n) is 13.9. The zero-order valence-corrected chi connectivity index (χ0v) is 49.5. The summed E-state index contributed by atoms with van der Waals surface area (Å²) in [5.74, 6) is -14.3. The Hall–Kier alpha value is -8.34. The molecule has 85 heavy (non-hydrogen) atoms. The second kappa shape index (κ2) is 34.4. The average molecular weight is 1210 g/mol. The fraction of sp³-hybridized carbons (Fsp3) is 0.554. The van der Waals surface area contributed by atoms with Crippen LogP contribution in [0.25, 0.3) is 0 Å². The summed E-state index contributed by atoms with van der Waals surface area (Å²) in [7, 11) is 0. The molecule has 0 radical (unpaired) electrons. The number of hydrogen-bond donors (Lipinski definition) is 15. The molecule has 0 saturated carbocycles. The Labute approximate surface area is 497 Å². The number of nitrogens with two attached hydrogens (primary N) is 1. The van der Waals surface area contributed by atoms with Crippen LogP contribution in [0.3, 0.4) is 0 Å². The lowest BCUT2D eigenvalue weighted by Gasteiger charge is -2.38. The van der Waals surface area contributed by atoms with Gasteiger partial charge in [-0.2, -0.15) is 12.6 Å². The second-order valence-electron chi connectivity index (χ2n) is 21.3. The largest absolute Gasteiger partial charge is 0.508 e. The molecule has 0 fully saturated rings. The number of phenols is 1. The fourth-order valence-corrected chi connectivity index (χ4v) is 9.29. The highest BCUT2D eigenvalue weighted by Gasteiger charge is 2.41. The lowest BCUT2D eigenvalue weighted by atomic mass is 9.92. The van der Waals surface area contributed by atoms with Crippen molar-refractivity contribution in [3.8, 4) is 5.75 Å². The van der Waals surface area contributed by atoms with Gasteiger partial charge in [-0.3, -0.25) is 62.3 Å². The highest BCUT2D eigenvalue weighted by Crippen LogP contribution is 2.25. The molecule has 3 rings (SSSR count). The third kappa shape index (κ3) is 22.3. The number of nitrogens with one attached hydrogen (secondary N) is 9. The molecule has 1 aliphatic heterocycles. The molecular formula is C56H81N11O17S. The van der Waals surface area contributed by atoms with Crippen LogP contribution in [0.5, 0.6) is 5.75 Å². The number of aliphatic hydroxyl groups is 1. The molecule has 0 unspecified atom stereocenters. The molecular weight excluding hydrogens is 1130 g/mol. The number of nitrogens with zero attached hydrogens (tertiary/aromatic N) is 1. The normalized spacial score (nSPS) is 15.9. The first kappa shape index (κ1) is 70.9. The van der Waals surface area contributed by atoms with Crippen LogP contribution in [-0.2, 0) is 81.7 Å². The zero-order valence-electron chi connectivity index (χ0n) is 48.6. The maximum atomic E-state index is 14.7. The van der Waals surface area contributed by atoms with Crippen LogP contribution in [0.15, 0.2) is 48.5 Å². The summed E-state index contributed by atoms with van der Waals surface area (Å²) in [6, 6.07) is -1.49. The van der Waals surface area contributed by atoms with Crippen LogP contribution >= 0.6 is 12.6 Å². The summed E-state index contributed by atoms with van der Waals surface area (Å²) in [4.78, 5) is 174. The predicted octanol–water partition coefficient (Wildman–Crippen LogP) is -2.07. The van der Waals surface area contributed by atoms with E-state index in [1.807, 2.05) is 6.92 Å². The molecule has 0 aromatic heterocycles. The van der Waals surface area contributed by atoms with Gasteiger partial charge in [0, 0.05) is 38.5 Å². The number of rotatable bonds is 34. The van der Waals surface area contributed by atoms with E-state index >= 15 is 0 Å². The quantitative estimate of drug-likeness (QED) is 0.0335. The molecule has 0 saturated heterocycles. The number of carbonyl (C=O) groups excluding carboxylic acids is 11. The Bertz CT molecular complexity index is 2730. The SMILES string of the molecule is CCCC[C@H](NC(=O)[C@@H]1Cc2ccccc2CN1C(=O)[C@H](CS)NC(=O)[C@H](CC)NC(=O)[C@@H](NC(=O)[C@@H](NC(=O)[C@H](CC(=O)O)NC(=O)[C@H](CCC(=O)O)NC(C)=O)C(C)C)C(C)C)C(=O)N[C@@H](CO)C(=O)N[C@@H](Cc1ccc(O)cc1)C(N)=O. The monoisotopic (exact) mass is 1210 g/mol. The molecule has 28 nitrogen and oxygen atoms in total. The molecule has 0 bridgehead atoms. The first-order valence-corrected chi connectivity index (χ1v) is 28.5. The summed E-state index contributed by atoms with van der Waals surface area (Å²) in [6.07, 6.45) is -1.06. The van der Waals surface area contributed by atoms with Gasteiger partial charge in [0.15, 0.2) is 0 Å². The van der Waals surface area contributed by atoms with Gasteiger partial charge in [0.2, 0.25) is 65.0 Å². The smallest absolute Gasteiger partial charge is 0.305 e. The minimum atomic E-state index is -1.82. The Kier molecular flexibility index (Phi) is 28.7. The summed E-state index contributed by atoms with van der Waals surface area (Å²) in [5.41, 5.74) is 7.48. The van der Waals surface area contributed by atoms with Gasteiger partial charge < -0.3 is 78.9 Å². The van der Waals surface area contributed by atoms with Crippen molar-refractivity contribution in [3.63, 3.8) is 0 Å². The summed E-state index contributed by atoms with van der Waals surface area (Å²) < 4.78 is 0. The fourth-order valence-electron chi connectivity index (χ4n) is 9.04. The number of aliphatic carboxylic acids is 2. The number of amides is 11. The van der Waals surface area contributed by atoms with Gasteiger partial charge in [0.05, 0.1) is 13.0 Å². The van der Waals surface area contributed by atoms with Gasteiger partial charge in [-0.25, -0.2) is 0 Å². The van der Waals surface area contributed by atoms with E-state index in [1.54, 1.807) is 45.0 Å². The third-order valence-corrected chi connectivity index (χ3v) is 14.2. The molecule has 1 aliphatic rings. The molecule has 0 spiro atoms. The molecule has 2 aromatic rings. The summed E-state index contributed by atoms with van der Waals surface area (Å²) in [5, 5.41) is 60.9. The molecule has 1 heterocycles. The number of carboxylic acid groups (broad SMARTS) is 2. The highest BCUT2D eigenvalue weighted by atomic mass is 32.1. The molecule has 11 amide bonds. The Morgan fingerprint density at radius 3 is 1.61 bits per heavy atom. The zero-order chi connectivity index (χ0) is 63.8. The van der Waals surface area contributed by atoms with Crippen molar-refractivity contribution in [1.29, 1.82) is 0 Å². The van der Waals surface area contributed by atoms with Crippen molar-refractivity contribution in [2.75, 3.05) is 12.4 Å². The van der Waals surface area contributed by atoms with E-state index in [4.69, 9.17) is 10.8 Å². The number of primary amides is 1. The van der Waals surface area contributed by atoms with Crippen LogP contribution in [0.4, 0.5) is 0 Å². The molecule has 2 aromatic carbocycles. The second-order valence-corrected chi connectivity index (χ2v) is 21.6. The van der Waals surface area contributed by atoms with E-state index in [0.29, 0.717) is 29.5 Å². The van der Waals surface area contributed by atoms with Gasteiger partial charge in [0.1, 0.15) is 66.2 Å². The maximum absolute atomic E-state index is 14.7. The molecule has 15 N–H and O–H groups in total. The number of carbonyl (C=O) groups is 13. The van der Waals surface area contributed by atoms with Crippen molar-refractivity contribution in [3.05, 3.63) is 65.2 Å². The van der Waals surface area contributed by atoms with Crippen LogP contribution in [0.1, 0.15) is 110 Å². The standard InChI is InChI=1S/C56H81N11O17S/c1-8-10-15-36(49(77)63-40(26-68)52(80)61-38(47(57)75)22-31-16-18-34(70)19-17-31)60-53(81)42-23-32-13-11-12-14-33(32)25-67(42)56(84)41(27-85)64-48(76)35(9-2)59-54(82)45(28(3)4)66-55(83)46(29(5)6)65-51(79)39(24-44(73)74)62-50(78)37(58-30(7)69)20-21-43(71)72/h11-14,16-19,28-29,35-42,45-46,68,70,85H,8-10,15,20-27H2,1-7H3,(H2,57,75)(H,58,69)(H,59,82)(H,60,81)(H,61,80)(H,62,78)(H,63,77)(H,64,76)(H,65,79)(H,66,83)(H,71,72)(H,73,74)/t35-,36-,37-,38-,39-,40-,41-,42-,45-,46-/m0/s1. The van der Waals surface area contributed by atoms with E-state index in [1.165, 1.54) is 43.0 Å². The van der Waals surface area contributed by atoms with E-state index in [9.17, 15) is 77.6 Å². The van der Waals surface area contributed by atoms with Gasteiger partial charge in [-0.05, 0) is 59.9 Å². The number of hydrogen-bond acceptors (Lipinski definition) is 16. The van der Waals surface area contributed by atoms with Gasteiger partial charge in [-0.1, -0.05) is 90.8 Å².